The van der Waals surface area contributed by atoms with Crippen LogP contribution >= 0.6 is 0 Å². The lowest BCUT2D eigenvalue weighted by Gasteiger charge is -2.11. The van der Waals surface area contributed by atoms with Crippen LogP contribution in [0, 0.1) is 0 Å². The number of aromatic nitrogens is 3. The highest BCUT2D eigenvalue weighted by atomic mass is 16.5. The molecule has 0 aliphatic heterocycles. The van der Waals surface area contributed by atoms with Crippen molar-refractivity contribution in [3.05, 3.63) is 77.5 Å². The van der Waals surface area contributed by atoms with Crippen LogP contribution in [0.4, 0.5) is 5.69 Å². The summed E-state index contributed by atoms with van der Waals surface area (Å²) < 4.78 is 11.2. The molecule has 4 aromatic rings. The lowest BCUT2D eigenvalue weighted by atomic mass is 10.1. The third kappa shape index (κ3) is 4.36. The van der Waals surface area contributed by atoms with E-state index >= 15 is 0 Å². The summed E-state index contributed by atoms with van der Waals surface area (Å²) in [7, 11) is 2.46. The van der Waals surface area contributed by atoms with Crippen LogP contribution in [0.25, 0.3) is 22.3 Å². The second-order valence-corrected chi connectivity index (χ2v) is 7.36. The lowest BCUT2D eigenvalue weighted by Crippen LogP contribution is -2.15. The molecule has 9 heteroatoms. The van der Waals surface area contributed by atoms with Gasteiger partial charge in [-0.05, 0) is 31.2 Å². The fourth-order valence-electron chi connectivity index (χ4n) is 3.59. The Hall–Kier alpha value is -4.53. The van der Waals surface area contributed by atoms with Crippen molar-refractivity contribution in [3.63, 3.8) is 0 Å². The average Bonchev–Trinajstić information content (AvgIpc) is 3.30. The number of hydrogen-bond acceptors (Lipinski definition) is 7. The summed E-state index contributed by atoms with van der Waals surface area (Å²) in [6, 6.07) is 15.4. The van der Waals surface area contributed by atoms with E-state index in [0.29, 0.717) is 28.8 Å². The summed E-state index contributed by atoms with van der Waals surface area (Å²) in [5.74, 6) is -1.75. The van der Waals surface area contributed by atoms with Gasteiger partial charge < -0.3 is 14.8 Å². The van der Waals surface area contributed by atoms with Crippen molar-refractivity contribution < 1.29 is 23.9 Å². The van der Waals surface area contributed by atoms with Crippen molar-refractivity contribution in [2.45, 2.75) is 13.5 Å². The lowest BCUT2D eigenvalue weighted by molar-refractivity contribution is 0.0599. The molecule has 2 heterocycles. The van der Waals surface area contributed by atoms with Crippen LogP contribution in [-0.4, -0.2) is 46.8 Å². The van der Waals surface area contributed by atoms with Crippen molar-refractivity contribution >= 4 is 34.6 Å². The number of fused-ring (bicyclic) bond motifs is 1. The predicted octanol–water partition coefficient (Wildman–Crippen LogP) is 3.94. The fourth-order valence-corrected chi connectivity index (χ4v) is 3.59. The van der Waals surface area contributed by atoms with Crippen LogP contribution in [-0.2, 0) is 16.0 Å². The molecule has 2 aromatic heterocycles. The minimum Gasteiger partial charge on any atom is -0.465 e. The molecule has 172 valence electrons. The zero-order chi connectivity index (χ0) is 24.2. The number of benzene rings is 2. The van der Waals surface area contributed by atoms with Crippen molar-refractivity contribution in [3.8, 4) is 11.3 Å². The van der Waals surface area contributed by atoms with Gasteiger partial charge in [-0.1, -0.05) is 30.3 Å². The van der Waals surface area contributed by atoms with Crippen LogP contribution < -0.4 is 5.32 Å². The molecule has 0 radical (unpaired) electrons. The molecule has 1 N–H and O–H groups in total. The molecule has 34 heavy (non-hydrogen) atoms. The molecule has 0 unspecified atom stereocenters. The number of esters is 2. The summed E-state index contributed by atoms with van der Waals surface area (Å²) in [5, 5.41) is 7.70. The Kier molecular flexibility index (Phi) is 6.35. The van der Waals surface area contributed by atoms with Gasteiger partial charge in [-0.2, -0.15) is 5.10 Å². The van der Waals surface area contributed by atoms with Crippen molar-refractivity contribution in [1.82, 2.24) is 14.8 Å². The molecule has 0 bridgehead atoms. The zero-order valence-corrected chi connectivity index (χ0v) is 18.9. The van der Waals surface area contributed by atoms with Gasteiger partial charge in [0.2, 0.25) is 0 Å². The molecule has 4 rings (SSSR count). The molecule has 0 aliphatic rings. The maximum absolute atomic E-state index is 13.4. The first kappa shape index (κ1) is 22.7. The van der Waals surface area contributed by atoms with E-state index in [4.69, 9.17) is 14.5 Å². The van der Waals surface area contributed by atoms with E-state index in [9.17, 15) is 14.4 Å². The van der Waals surface area contributed by atoms with Gasteiger partial charge in [-0.25, -0.2) is 19.3 Å². The first-order valence-corrected chi connectivity index (χ1v) is 10.5. The summed E-state index contributed by atoms with van der Waals surface area (Å²) in [4.78, 5) is 42.3. The summed E-state index contributed by atoms with van der Waals surface area (Å²) >= 11 is 0. The fraction of sp³-hybridized carbons (Fsp3) is 0.160. The monoisotopic (exact) mass is 458 g/mol. The molecular formula is C25H22N4O5. The Morgan fingerprint density at radius 1 is 0.941 bits per heavy atom. The van der Waals surface area contributed by atoms with Crippen molar-refractivity contribution in [2.75, 3.05) is 19.5 Å². The maximum Gasteiger partial charge on any atom is 0.337 e. The van der Waals surface area contributed by atoms with Gasteiger partial charge in [0.25, 0.3) is 5.91 Å². The number of carbonyl (C=O) groups excluding carboxylic acids is 3. The number of aryl methyl sites for hydroxylation is 1. The Labute approximate surface area is 195 Å². The number of carbonyl (C=O) groups is 3. The largest absolute Gasteiger partial charge is 0.465 e. The molecule has 0 saturated carbocycles. The summed E-state index contributed by atoms with van der Waals surface area (Å²) in [6.45, 7) is 2.52. The first-order valence-electron chi connectivity index (χ1n) is 10.5. The highest BCUT2D eigenvalue weighted by molar-refractivity contribution is 6.13. The first-order chi connectivity index (χ1) is 16.4. The molecule has 0 saturated heterocycles. The number of amides is 1. The van der Waals surface area contributed by atoms with Crippen LogP contribution in [0.1, 0.15) is 38.0 Å². The van der Waals surface area contributed by atoms with Gasteiger partial charge >= 0.3 is 11.9 Å². The van der Waals surface area contributed by atoms with E-state index in [1.165, 1.54) is 32.4 Å². The number of nitrogens with zero attached hydrogens (tertiary/aromatic N) is 3. The van der Waals surface area contributed by atoms with Gasteiger partial charge in [0, 0.05) is 17.8 Å². The van der Waals surface area contributed by atoms with Gasteiger partial charge in [0.1, 0.15) is 0 Å². The molecule has 0 fully saturated rings. The molecule has 0 aliphatic carbocycles. The van der Waals surface area contributed by atoms with Crippen LogP contribution in [0.3, 0.4) is 0 Å². The molecular weight excluding hydrogens is 436 g/mol. The normalized spacial score (nSPS) is 10.7. The molecule has 2 aromatic carbocycles. The Morgan fingerprint density at radius 3 is 2.18 bits per heavy atom. The number of methoxy groups -OCH3 is 2. The van der Waals surface area contributed by atoms with Crippen molar-refractivity contribution in [1.29, 1.82) is 0 Å². The number of ether oxygens (including phenoxy) is 2. The number of hydrogen-bond donors (Lipinski definition) is 1. The van der Waals surface area contributed by atoms with E-state index in [1.54, 1.807) is 16.9 Å². The van der Waals surface area contributed by atoms with E-state index < -0.39 is 17.8 Å². The second-order valence-electron chi connectivity index (χ2n) is 7.36. The average molecular weight is 458 g/mol. The molecule has 1 amide bonds. The summed E-state index contributed by atoms with van der Waals surface area (Å²) in [5.41, 5.74) is 2.84. The van der Waals surface area contributed by atoms with Gasteiger partial charge in [0.15, 0.2) is 5.65 Å². The second kappa shape index (κ2) is 9.53. The van der Waals surface area contributed by atoms with Crippen LogP contribution in [0.15, 0.2) is 60.8 Å². The molecule has 9 nitrogen and oxygen atoms in total. The van der Waals surface area contributed by atoms with Gasteiger partial charge in [0.05, 0.1) is 48.2 Å². The smallest absolute Gasteiger partial charge is 0.337 e. The Balaban J connectivity index is 1.80. The predicted molar refractivity (Wildman–Crippen MR) is 126 cm³/mol. The number of pyridine rings is 1. The summed E-state index contributed by atoms with van der Waals surface area (Å²) in [6.07, 6.45) is 1.60. The number of nitrogens with one attached hydrogen (secondary N) is 1. The van der Waals surface area contributed by atoms with E-state index in [2.05, 4.69) is 10.4 Å². The Morgan fingerprint density at radius 2 is 1.59 bits per heavy atom. The highest BCUT2D eigenvalue weighted by Crippen LogP contribution is 2.26. The van der Waals surface area contributed by atoms with Crippen LogP contribution in [0.5, 0.6) is 0 Å². The minimum atomic E-state index is -0.650. The van der Waals surface area contributed by atoms with Gasteiger partial charge in [-0.15, -0.1) is 0 Å². The highest BCUT2D eigenvalue weighted by Gasteiger charge is 2.19. The third-order valence-corrected chi connectivity index (χ3v) is 5.26. The standard InChI is InChI=1S/C25H22N4O5/c1-4-29-22-20(14-26-29)19(13-21(28-22)15-8-6-5-7-9-15)23(30)27-18-11-16(24(31)33-2)10-17(12-18)25(32)34-3/h5-14H,4H2,1-3H3,(H,27,30). The number of anilines is 1. The number of rotatable bonds is 6. The molecule has 0 spiro atoms. The minimum absolute atomic E-state index is 0.101. The van der Waals surface area contributed by atoms with Crippen molar-refractivity contribution in [2.24, 2.45) is 0 Å². The Bertz CT molecular complexity index is 1360. The maximum atomic E-state index is 13.4. The quantitative estimate of drug-likeness (QED) is 0.436. The van der Waals surface area contributed by atoms with Gasteiger partial charge in [-0.3, -0.25) is 4.79 Å². The topological polar surface area (TPSA) is 112 Å². The van der Waals surface area contributed by atoms with E-state index in [0.717, 1.165) is 5.56 Å². The van der Waals surface area contributed by atoms with Crippen LogP contribution in [0.2, 0.25) is 0 Å². The van der Waals surface area contributed by atoms with E-state index in [1.807, 2.05) is 37.3 Å². The molecule has 0 atom stereocenters. The SMILES string of the molecule is CCn1ncc2c(C(=O)Nc3cc(C(=O)OC)cc(C(=O)OC)c3)cc(-c3ccccc3)nc21. The van der Waals surface area contributed by atoms with E-state index in [-0.39, 0.29) is 16.8 Å². The third-order valence-electron chi connectivity index (χ3n) is 5.26. The zero-order valence-electron chi connectivity index (χ0n) is 18.9.